The van der Waals surface area contributed by atoms with E-state index in [0.717, 1.165) is 60.6 Å². The van der Waals surface area contributed by atoms with Gasteiger partial charge in [0.1, 0.15) is 5.56 Å². The van der Waals surface area contributed by atoms with Crippen molar-refractivity contribution in [3.63, 3.8) is 0 Å². The fraction of sp³-hybridized carbons (Fsp3) is 0.556. The van der Waals surface area contributed by atoms with Crippen molar-refractivity contribution >= 4 is 17.7 Å². The number of hydrogen-bond acceptors (Lipinski definition) is 5. The van der Waals surface area contributed by atoms with Gasteiger partial charge in [0.05, 0.1) is 11.4 Å². The maximum absolute atomic E-state index is 13.4. The number of hydrogen-bond donors (Lipinski definition) is 1. The first kappa shape index (κ1) is 22.8. The van der Waals surface area contributed by atoms with Crippen LogP contribution in [0.25, 0.3) is 17.1 Å². The highest BCUT2D eigenvalue weighted by atomic mass is 32.2. The Morgan fingerprint density at radius 2 is 2.03 bits per heavy atom. The number of thioether (sulfide) groups is 1. The summed E-state index contributed by atoms with van der Waals surface area (Å²) < 4.78 is 3.63. The molecule has 8 heteroatoms. The number of carbonyl (C=O) groups is 1. The lowest BCUT2D eigenvalue weighted by molar-refractivity contribution is -0.119. The summed E-state index contributed by atoms with van der Waals surface area (Å²) in [5, 5.41) is 8.66. The van der Waals surface area contributed by atoms with Crippen molar-refractivity contribution in [2.45, 2.75) is 76.0 Å². The van der Waals surface area contributed by atoms with E-state index in [0.29, 0.717) is 23.1 Å². The first-order valence-electron chi connectivity index (χ1n) is 13.1. The zero-order chi connectivity index (χ0) is 23.9. The highest BCUT2D eigenvalue weighted by molar-refractivity contribution is 7.99. The smallest absolute Gasteiger partial charge is 0.284 e. The molecule has 0 aromatic heterocycles. The number of nitrogens with one attached hydrogen (secondary N) is 1. The van der Waals surface area contributed by atoms with E-state index in [1.54, 1.807) is 0 Å². The van der Waals surface area contributed by atoms with E-state index >= 15 is 0 Å². The molecule has 7 nitrogen and oxygen atoms in total. The quantitative estimate of drug-likeness (QED) is 0.411. The minimum atomic E-state index is -0.113. The van der Waals surface area contributed by atoms with Crippen LogP contribution in [-0.2, 0) is 17.8 Å². The minimum Gasteiger partial charge on any atom is -0.353 e. The lowest BCUT2D eigenvalue weighted by atomic mass is 9.84. The van der Waals surface area contributed by atoms with Gasteiger partial charge in [0.2, 0.25) is 5.91 Å². The molecule has 2 saturated carbocycles. The molecule has 1 aromatic carbocycles. The molecule has 35 heavy (non-hydrogen) atoms. The Morgan fingerprint density at radius 3 is 2.80 bits per heavy atom. The van der Waals surface area contributed by atoms with Gasteiger partial charge in [-0.25, -0.2) is 4.98 Å². The second-order valence-electron chi connectivity index (χ2n) is 10.5. The third-order valence-corrected chi connectivity index (χ3v) is 9.30. The van der Waals surface area contributed by atoms with Crippen molar-refractivity contribution in [2.24, 2.45) is 17.8 Å². The Hall–Kier alpha value is -2.61. The van der Waals surface area contributed by atoms with E-state index < -0.39 is 0 Å². The number of nitrogens with zero attached hydrogens (tertiary/aromatic N) is 4. The van der Waals surface area contributed by atoms with Crippen LogP contribution in [0.3, 0.4) is 0 Å². The van der Waals surface area contributed by atoms with Crippen LogP contribution in [0.15, 0.2) is 40.3 Å². The highest BCUT2D eigenvalue weighted by Gasteiger charge is 2.42. The summed E-state index contributed by atoms with van der Waals surface area (Å²) in [6.07, 6.45) is 9.36. The molecule has 1 aromatic rings. The monoisotopic (exact) mass is 491 g/mol. The van der Waals surface area contributed by atoms with Crippen LogP contribution in [0.5, 0.6) is 0 Å². The van der Waals surface area contributed by atoms with Crippen molar-refractivity contribution in [3.05, 3.63) is 46.4 Å². The molecular weight excluding hydrogens is 458 g/mol. The summed E-state index contributed by atoms with van der Waals surface area (Å²) in [6.45, 7) is 2.99. The van der Waals surface area contributed by atoms with E-state index in [1.807, 2.05) is 30.3 Å². The van der Waals surface area contributed by atoms with Crippen molar-refractivity contribution in [2.75, 3.05) is 5.75 Å². The molecule has 0 saturated heterocycles. The molecule has 1 amide bonds. The van der Waals surface area contributed by atoms with Gasteiger partial charge in [-0.1, -0.05) is 42.8 Å². The zero-order valence-electron chi connectivity index (χ0n) is 20.3. The molecule has 5 aliphatic rings. The van der Waals surface area contributed by atoms with Crippen LogP contribution >= 0.6 is 11.8 Å². The molecule has 6 rings (SSSR count). The fourth-order valence-corrected chi connectivity index (χ4v) is 7.50. The Morgan fingerprint density at radius 1 is 1.17 bits per heavy atom. The predicted octanol–water partition coefficient (Wildman–Crippen LogP) is 4.29. The van der Waals surface area contributed by atoms with Crippen LogP contribution < -0.4 is 10.9 Å². The van der Waals surface area contributed by atoms with Gasteiger partial charge in [-0.05, 0) is 75.3 Å². The molecule has 0 radical (unpaired) electrons. The average Bonchev–Trinajstić information content (AvgIpc) is 3.53. The van der Waals surface area contributed by atoms with Gasteiger partial charge < -0.3 is 9.88 Å². The summed E-state index contributed by atoms with van der Waals surface area (Å²) in [7, 11) is 0. The maximum atomic E-state index is 13.4. The summed E-state index contributed by atoms with van der Waals surface area (Å²) in [5.74, 6) is 3.16. The van der Waals surface area contributed by atoms with Crippen molar-refractivity contribution in [3.8, 4) is 17.1 Å². The third-order valence-electron chi connectivity index (χ3n) is 8.32. The van der Waals surface area contributed by atoms with Crippen molar-refractivity contribution in [1.29, 1.82) is 0 Å². The Bertz CT molecular complexity index is 1250. The molecule has 2 aliphatic carbocycles. The number of benzene rings is 1. The lowest BCUT2D eigenvalue weighted by Gasteiger charge is -2.28. The summed E-state index contributed by atoms with van der Waals surface area (Å²) in [6, 6.07) is 9.73. The first-order valence-corrected chi connectivity index (χ1v) is 14.1. The predicted molar refractivity (Wildman–Crippen MR) is 137 cm³/mol. The number of rotatable bonds is 6. The van der Waals surface area contributed by atoms with Gasteiger partial charge in [-0.3, -0.25) is 9.59 Å². The van der Waals surface area contributed by atoms with Crippen LogP contribution in [0.1, 0.15) is 57.6 Å². The second-order valence-corrected chi connectivity index (χ2v) is 11.5. The van der Waals surface area contributed by atoms with Gasteiger partial charge in [-0.15, -0.1) is 5.10 Å². The molecule has 3 aliphatic heterocycles. The van der Waals surface area contributed by atoms with E-state index in [-0.39, 0.29) is 17.5 Å². The first-order chi connectivity index (χ1) is 17.1. The SMILES string of the molecule is C[C@@H](NC(=O)CSc1nc2nn(-c3ccccc3)c(=O)c-2c2n1CCCCC2)[C@@H]1C[C@H]2CC[C@H]1C2. The van der Waals surface area contributed by atoms with Crippen molar-refractivity contribution in [1.82, 2.24) is 24.6 Å². The molecule has 4 atom stereocenters. The summed E-state index contributed by atoms with van der Waals surface area (Å²) >= 11 is 1.47. The third kappa shape index (κ3) is 4.30. The molecule has 3 heterocycles. The molecule has 0 unspecified atom stereocenters. The van der Waals surface area contributed by atoms with Crippen molar-refractivity contribution < 1.29 is 4.79 Å². The van der Waals surface area contributed by atoms with Crippen LogP contribution in [0.4, 0.5) is 0 Å². The fourth-order valence-electron chi connectivity index (χ4n) is 6.65. The van der Waals surface area contributed by atoms with Gasteiger partial charge in [-0.2, -0.15) is 4.68 Å². The second kappa shape index (κ2) is 9.45. The number of fused-ring (bicyclic) bond motifs is 5. The topological polar surface area (TPSA) is 81.8 Å². The van der Waals surface area contributed by atoms with Crippen LogP contribution in [0, 0.1) is 17.8 Å². The van der Waals surface area contributed by atoms with Gasteiger partial charge >= 0.3 is 0 Å². The molecule has 184 valence electrons. The molecule has 0 spiro atoms. The standard InChI is InChI=1S/C27H33N5O2S/c1-17(21-15-18-11-12-19(21)14-18)28-23(33)16-35-27-29-25-24(22-10-6-3-7-13-31(22)27)26(34)32(30-25)20-8-4-2-5-9-20/h2,4-5,8-9,17-19,21H,3,6-7,10-16H2,1H3,(H,28,33)/t17-,18+,19+,21+/m1/s1. The molecular formula is C27H33N5O2S. The number of carbonyl (C=O) groups excluding carboxylic acids is 1. The largest absolute Gasteiger partial charge is 0.353 e. The normalized spacial score (nSPS) is 24.3. The van der Waals surface area contributed by atoms with E-state index in [2.05, 4.69) is 21.9 Å². The minimum absolute atomic E-state index is 0.0643. The molecule has 2 fully saturated rings. The Kier molecular flexibility index (Phi) is 6.16. The highest BCUT2D eigenvalue weighted by Crippen LogP contribution is 2.49. The van der Waals surface area contributed by atoms with Crippen LogP contribution in [-0.4, -0.2) is 37.0 Å². The van der Waals surface area contributed by atoms with Crippen LogP contribution in [0.2, 0.25) is 0 Å². The summed E-state index contributed by atoms with van der Waals surface area (Å²) in [5.41, 5.74) is 2.26. The average molecular weight is 492 g/mol. The van der Waals surface area contributed by atoms with Gasteiger partial charge in [0.25, 0.3) is 5.56 Å². The van der Waals surface area contributed by atoms with Gasteiger partial charge in [0.15, 0.2) is 11.0 Å². The summed E-state index contributed by atoms with van der Waals surface area (Å²) in [4.78, 5) is 31.1. The Balaban J connectivity index is 1.25. The maximum Gasteiger partial charge on any atom is 0.284 e. The van der Waals surface area contributed by atoms with E-state index in [9.17, 15) is 9.59 Å². The van der Waals surface area contributed by atoms with E-state index in [1.165, 1.54) is 42.1 Å². The lowest BCUT2D eigenvalue weighted by Crippen LogP contribution is -2.41. The molecule has 2 bridgehead atoms. The number of para-hydroxylation sites is 1. The number of aromatic nitrogens is 4. The number of amides is 1. The zero-order valence-corrected chi connectivity index (χ0v) is 21.1. The van der Waals surface area contributed by atoms with E-state index in [4.69, 9.17) is 4.98 Å². The Labute approximate surface area is 210 Å². The molecule has 1 N–H and O–H groups in total. The van der Waals surface area contributed by atoms with Gasteiger partial charge in [0, 0.05) is 18.3 Å².